The normalized spacial score (nSPS) is 17.1. The van der Waals surface area contributed by atoms with Crippen molar-refractivity contribution >= 4 is 17.6 Å². The van der Waals surface area contributed by atoms with Crippen LogP contribution in [0.3, 0.4) is 0 Å². The summed E-state index contributed by atoms with van der Waals surface area (Å²) in [6.07, 6.45) is 3.95. The number of nitrogens with one attached hydrogen (secondary N) is 1. The molecule has 0 atom stereocenters. The minimum Gasteiger partial charge on any atom is -0.467 e. The molecule has 0 unspecified atom stereocenters. The van der Waals surface area contributed by atoms with Gasteiger partial charge in [0.2, 0.25) is 0 Å². The molecule has 0 saturated carbocycles. The van der Waals surface area contributed by atoms with Crippen LogP contribution in [-0.2, 0) is 40.3 Å². The average molecular weight is 466 g/mol. The van der Waals surface area contributed by atoms with E-state index in [1.54, 1.807) is 17.0 Å². The van der Waals surface area contributed by atoms with Crippen LogP contribution in [0.2, 0.25) is 0 Å². The summed E-state index contributed by atoms with van der Waals surface area (Å²) in [5, 5.41) is 12.7. The summed E-state index contributed by atoms with van der Waals surface area (Å²) >= 11 is 0. The maximum absolute atomic E-state index is 12.6. The topological polar surface area (TPSA) is 112 Å². The molecular formula is C25H31N5O4. The third kappa shape index (κ3) is 4.92. The predicted molar refractivity (Wildman–Crippen MR) is 125 cm³/mol. The molecular weight excluding hydrogens is 434 g/mol. The highest BCUT2D eigenvalue weighted by atomic mass is 16.5. The second kappa shape index (κ2) is 9.85. The predicted octanol–water partition coefficient (Wildman–Crippen LogP) is 2.32. The van der Waals surface area contributed by atoms with Crippen molar-refractivity contribution in [3.63, 3.8) is 0 Å². The lowest BCUT2D eigenvalue weighted by molar-refractivity contribution is -0.146. The van der Waals surface area contributed by atoms with E-state index in [2.05, 4.69) is 23.2 Å². The van der Waals surface area contributed by atoms with E-state index in [0.29, 0.717) is 56.3 Å². The van der Waals surface area contributed by atoms with Crippen LogP contribution in [0.25, 0.3) is 0 Å². The van der Waals surface area contributed by atoms with Crippen molar-refractivity contribution in [3.05, 3.63) is 46.5 Å². The van der Waals surface area contributed by atoms with Gasteiger partial charge in [-0.3, -0.25) is 9.59 Å². The molecule has 0 bridgehead atoms. The summed E-state index contributed by atoms with van der Waals surface area (Å²) < 4.78 is 11.2. The number of anilines is 1. The second-order valence-electron chi connectivity index (χ2n) is 9.34. The van der Waals surface area contributed by atoms with E-state index in [1.807, 2.05) is 13.8 Å². The third-order valence-electron chi connectivity index (χ3n) is 6.35. The molecule has 2 amide bonds. The molecule has 0 aromatic carbocycles. The van der Waals surface area contributed by atoms with Gasteiger partial charge in [0, 0.05) is 43.9 Å². The summed E-state index contributed by atoms with van der Waals surface area (Å²) in [6, 6.07) is 5.86. The van der Waals surface area contributed by atoms with E-state index in [4.69, 9.17) is 14.1 Å². The van der Waals surface area contributed by atoms with Gasteiger partial charge in [0.05, 0.1) is 30.6 Å². The lowest BCUT2D eigenvalue weighted by Crippen LogP contribution is -2.53. The standard InChI is InChI=1S/C25H31N5O4/c1-4-6-21-20-16-34-25(2,3)13-18(20)19(14-26)22(28-21)29-8-10-30(11-9-29)24(32)23(31)27-15-17-7-5-12-33-17/h5,7,12H,4,6,8-11,13,15-16H2,1-3H3,(H,27,31). The SMILES string of the molecule is CCCc1nc(N2CCN(C(=O)C(=O)NCc3ccco3)CC2)c(C#N)c2c1COC(C)(C)C2. The molecule has 0 spiro atoms. The Morgan fingerprint density at radius 3 is 2.65 bits per heavy atom. The van der Waals surface area contributed by atoms with Crippen LogP contribution in [-0.4, -0.2) is 53.5 Å². The number of amides is 2. The first-order valence-corrected chi connectivity index (χ1v) is 11.8. The van der Waals surface area contributed by atoms with Gasteiger partial charge in [-0.25, -0.2) is 4.98 Å². The molecule has 0 aliphatic carbocycles. The number of furan rings is 1. The zero-order valence-corrected chi connectivity index (χ0v) is 20.0. The molecule has 1 saturated heterocycles. The number of piperazine rings is 1. The minimum absolute atomic E-state index is 0.169. The monoisotopic (exact) mass is 465 g/mol. The zero-order chi connectivity index (χ0) is 24.3. The Bertz CT molecular complexity index is 1100. The van der Waals surface area contributed by atoms with Crippen molar-refractivity contribution in [2.45, 2.75) is 58.8 Å². The van der Waals surface area contributed by atoms with Gasteiger partial charge < -0.3 is 24.3 Å². The Balaban J connectivity index is 1.48. The van der Waals surface area contributed by atoms with E-state index in [9.17, 15) is 14.9 Å². The van der Waals surface area contributed by atoms with Crippen molar-refractivity contribution in [2.75, 3.05) is 31.1 Å². The summed E-state index contributed by atoms with van der Waals surface area (Å²) in [5.74, 6) is 0.0549. The highest BCUT2D eigenvalue weighted by Gasteiger charge is 2.34. The Kier molecular flexibility index (Phi) is 6.89. The van der Waals surface area contributed by atoms with Gasteiger partial charge in [-0.05, 0) is 38.0 Å². The van der Waals surface area contributed by atoms with Crippen LogP contribution in [0.4, 0.5) is 5.82 Å². The first kappa shape index (κ1) is 23.8. The van der Waals surface area contributed by atoms with Crippen LogP contribution >= 0.6 is 0 Å². The smallest absolute Gasteiger partial charge is 0.312 e. The average Bonchev–Trinajstić information content (AvgIpc) is 3.35. The molecule has 2 aromatic heterocycles. The molecule has 1 fully saturated rings. The van der Waals surface area contributed by atoms with E-state index < -0.39 is 11.8 Å². The fourth-order valence-corrected chi connectivity index (χ4v) is 4.53. The lowest BCUT2D eigenvalue weighted by atomic mass is 9.87. The molecule has 9 nitrogen and oxygen atoms in total. The molecule has 180 valence electrons. The van der Waals surface area contributed by atoms with Crippen molar-refractivity contribution in [3.8, 4) is 6.07 Å². The van der Waals surface area contributed by atoms with E-state index in [-0.39, 0.29) is 12.1 Å². The molecule has 9 heteroatoms. The van der Waals surface area contributed by atoms with E-state index in [0.717, 1.165) is 29.7 Å². The van der Waals surface area contributed by atoms with Crippen molar-refractivity contribution in [2.24, 2.45) is 0 Å². The fraction of sp³-hybridized carbons (Fsp3) is 0.520. The van der Waals surface area contributed by atoms with Gasteiger partial charge in [-0.1, -0.05) is 13.3 Å². The number of hydrogen-bond acceptors (Lipinski definition) is 7. The van der Waals surface area contributed by atoms with Crippen LogP contribution < -0.4 is 10.2 Å². The highest BCUT2D eigenvalue weighted by molar-refractivity contribution is 6.35. The van der Waals surface area contributed by atoms with Crippen LogP contribution in [0, 0.1) is 11.3 Å². The van der Waals surface area contributed by atoms with Crippen LogP contribution in [0.5, 0.6) is 0 Å². The van der Waals surface area contributed by atoms with Gasteiger partial charge >= 0.3 is 11.8 Å². The van der Waals surface area contributed by atoms with Crippen LogP contribution in [0.1, 0.15) is 55.3 Å². The van der Waals surface area contributed by atoms with Gasteiger partial charge in [0.15, 0.2) is 0 Å². The first-order chi connectivity index (χ1) is 16.3. The number of nitrogens with zero attached hydrogens (tertiary/aromatic N) is 4. The number of rotatable bonds is 5. The maximum Gasteiger partial charge on any atom is 0.312 e. The Hall–Kier alpha value is -3.38. The van der Waals surface area contributed by atoms with Gasteiger partial charge in [0.25, 0.3) is 0 Å². The Morgan fingerprint density at radius 1 is 1.24 bits per heavy atom. The quantitative estimate of drug-likeness (QED) is 0.675. The van der Waals surface area contributed by atoms with Crippen molar-refractivity contribution in [1.82, 2.24) is 15.2 Å². The van der Waals surface area contributed by atoms with Gasteiger partial charge in [-0.2, -0.15) is 5.26 Å². The minimum atomic E-state index is -0.651. The van der Waals surface area contributed by atoms with Gasteiger partial charge in [-0.15, -0.1) is 0 Å². The fourth-order valence-electron chi connectivity index (χ4n) is 4.53. The molecule has 1 N–H and O–H groups in total. The molecule has 4 heterocycles. The molecule has 2 aliphatic rings. The second-order valence-corrected chi connectivity index (χ2v) is 9.34. The van der Waals surface area contributed by atoms with Crippen molar-refractivity contribution in [1.29, 1.82) is 5.26 Å². The first-order valence-electron chi connectivity index (χ1n) is 11.8. The molecule has 34 heavy (non-hydrogen) atoms. The number of carbonyl (C=O) groups is 2. The lowest BCUT2D eigenvalue weighted by Gasteiger charge is -2.38. The maximum atomic E-state index is 12.6. The molecule has 2 aliphatic heterocycles. The summed E-state index contributed by atoms with van der Waals surface area (Å²) in [4.78, 5) is 33.4. The van der Waals surface area contributed by atoms with E-state index in [1.165, 1.54) is 6.26 Å². The number of pyridine rings is 1. The Morgan fingerprint density at radius 2 is 2.00 bits per heavy atom. The summed E-state index contributed by atoms with van der Waals surface area (Å²) in [6.45, 7) is 8.60. The van der Waals surface area contributed by atoms with Crippen LogP contribution in [0.15, 0.2) is 22.8 Å². The summed E-state index contributed by atoms with van der Waals surface area (Å²) in [7, 11) is 0. The molecule has 0 radical (unpaired) electrons. The number of hydrogen-bond donors (Lipinski definition) is 1. The van der Waals surface area contributed by atoms with Crippen molar-refractivity contribution < 1.29 is 18.7 Å². The van der Waals surface area contributed by atoms with Gasteiger partial charge in [0.1, 0.15) is 17.6 Å². The molecule has 4 rings (SSSR count). The highest BCUT2D eigenvalue weighted by Crippen LogP contribution is 2.36. The largest absolute Gasteiger partial charge is 0.467 e. The summed E-state index contributed by atoms with van der Waals surface area (Å²) in [5.41, 5.74) is 3.32. The van der Waals surface area contributed by atoms with E-state index >= 15 is 0 Å². The number of nitriles is 1. The zero-order valence-electron chi connectivity index (χ0n) is 20.0. The number of carbonyl (C=O) groups excluding carboxylic acids is 2. The number of ether oxygens (including phenoxy) is 1. The Labute approximate surface area is 199 Å². The third-order valence-corrected chi connectivity index (χ3v) is 6.35. The molecule has 2 aromatic rings. The number of fused-ring (bicyclic) bond motifs is 1. The number of aromatic nitrogens is 1. The number of aryl methyl sites for hydroxylation is 1.